The lowest BCUT2D eigenvalue weighted by Crippen LogP contribution is -2.09. The summed E-state index contributed by atoms with van der Waals surface area (Å²) in [6.45, 7) is 0.419. The van der Waals surface area contributed by atoms with Gasteiger partial charge >= 0.3 is 0 Å². The molecule has 3 N–H and O–H groups in total. The van der Waals surface area contributed by atoms with Crippen LogP contribution >= 0.6 is 23.4 Å². The highest BCUT2D eigenvalue weighted by molar-refractivity contribution is 7.99. The zero-order valence-corrected chi connectivity index (χ0v) is 13.6. The topological polar surface area (TPSA) is 89.6 Å². The molecule has 2 aromatic heterocycles. The molecule has 0 spiro atoms. The molecule has 0 amide bonds. The Bertz CT molecular complexity index is 799. The monoisotopic (exact) mass is 344 g/mol. The van der Waals surface area contributed by atoms with Crippen LogP contribution in [-0.4, -0.2) is 19.9 Å². The van der Waals surface area contributed by atoms with Gasteiger partial charge in [0.1, 0.15) is 5.03 Å². The van der Waals surface area contributed by atoms with Gasteiger partial charge in [0, 0.05) is 16.9 Å². The van der Waals surface area contributed by atoms with Gasteiger partial charge < -0.3 is 11.1 Å². The highest BCUT2D eigenvalue weighted by atomic mass is 35.5. The number of benzene rings is 1. The lowest BCUT2D eigenvalue weighted by atomic mass is 10.3. The molecule has 8 heteroatoms. The number of nitrogens with zero attached hydrogens (tertiary/aromatic N) is 4. The molecule has 0 unspecified atom stereocenters. The van der Waals surface area contributed by atoms with E-state index in [9.17, 15) is 0 Å². The highest BCUT2D eigenvalue weighted by Crippen LogP contribution is 2.22. The fraction of sp³-hybridized carbons (Fsp3) is 0.0667. The summed E-state index contributed by atoms with van der Waals surface area (Å²) in [7, 11) is 0. The van der Waals surface area contributed by atoms with Crippen molar-refractivity contribution in [3.63, 3.8) is 0 Å². The van der Waals surface area contributed by atoms with Gasteiger partial charge in [0.15, 0.2) is 11.0 Å². The average molecular weight is 345 g/mol. The molecule has 0 aliphatic rings. The molecule has 0 aliphatic heterocycles. The van der Waals surface area contributed by atoms with Crippen molar-refractivity contribution in [2.24, 2.45) is 0 Å². The third-order valence-electron chi connectivity index (χ3n) is 2.79. The molecule has 3 aromatic rings. The van der Waals surface area contributed by atoms with Crippen molar-refractivity contribution in [3.8, 4) is 0 Å². The van der Waals surface area contributed by atoms with Crippen molar-refractivity contribution in [2.75, 3.05) is 11.1 Å². The lowest BCUT2D eigenvalue weighted by molar-refractivity contribution is 0.828. The first kappa shape index (κ1) is 15.5. The van der Waals surface area contributed by atoms with Crippen molar-refractivity contribution in [1.29, 1.82) is 0 Å². The van der Waals surface area contributed by atoms with Gasteiger partial charge in [-0.1, -0.05) is 23.7 Å². The Morgan fingerprint density at radius 1 is 1.09 bits per heavy atom. The lowest BCUT2D eigenvalue weighted by Gasteiger charge is -2.07. The summed E-state index contributed by atoms with van der Waals surface area (Å²) >= 11 is 7.29. The number of aromatic nitrogens is 4. The summed E-state index contributed by atoms with van der Waals surface area (Å²) in [5.41, 5.74) is 6.65. The van der Waals surface area contributed by atoms with E-state index in [1.54, 1.807) is 6.20 Å². The maximum Gasteiger partial charge on any atom is 0.224 e. The third-order valence-corrected chi connectivity index (χ3v) is 3.84. The molecule has 0 fully saturated rings. The minimum atomic E-state index is 0.182. The fourth-order valence-electron chi connectivity index (χ4n) is 1.82. The summed E-state index contributed by atoms with van der Waals surface area (Å²) in [5, 5.41) is 5.18. The second-order valence-corrected chi connectivity index (χ2v) is 5.95. The quantitative estimate of drug-likeness (QED) is 0.734. The van der Waals surface area contributed by atoms with Crippen LogP contribution in [0.5, 0.6) is 0 Å². The third kappa shape index (κ3) is 4.54. The van der Waals surface area contributed by atoms with Gasteiger partial charge in [0.2, 0.25) is 5.95 Å². The molecule has 2 heterocycles. The maximum absolute atomic E-state index is 5.96. The summed E-state index contributed by atoms with van der Waals surface area (Å²) in [4.78, 5) is 16.9. The van der Waals surface area contributed by atoms with E-state index < -0.39 is 0 Å². The van der Waals surface area contributed by atoms with E-state index >= 15 is 0 Å². The van der Waals surface area contributed by atoms with E-state index in [0.29, 0.717) is 22.5 Å². The minimum absolute atomic E-state index is 0.182. The van der Waals surface area contributed by atoms with E-state index in [2.05, 4.69) is 25.3 Å². The molecular formula is C15H13ClN6S. The van der Waals surface area contributed by atoms with Gasteiger partial charge in [-0.15, -0.1) is 0 Å². The van der Waals surface area contributed by atoms with E-state index in [-0.39, 0.29) is 5.95 Å². The molecule has 0 atom stereocenters. The van der Waals surface area contributed by atoms with Crippen LogP contribution in [0.4, 0.5) is 11.6 Å². The summed E-state index contributed by atoms with van der Waals surface area (Å²) in [5.74, 6) is 0.734. The van der Waals surface area contributed by atoms with E-state index in [1.807, 2.05) is 42.5 Å². The Morgan fingerprint density at radius 2 is 2.00 bits per heavy atom. The van der Waals surface area contributed by atoms with Crippen LogP contribution in [0.15, 0.2) is 58.8 Å². The molecule has 116 valence electrons. The van der Waals surface area contributed by atoms with E-state index in [4.69, 9.17) is 17.3 Å². The Kier molecular flexibility index (Phi) is 4.89. The van der Waals surface area contributed by atoms with Crippen LogP contribution in [0, 0.1) is 0 Å². The molecular weight excluding hydrogens is 332 g/mol. The van der Waals surface area contributed by atoms with Crippen LogP contribution in [0.3, 0.4) is 0 Å². The molecule has 23 heavy (non-hydrogen) atoms. The van der Waals surface area contributed by atoms with Crippen molar-refractivity contribution in [1.82, 2.24) is 19.9 Å². The molecule has 1 aromatic carbocycles. The summed E-state index contributed by atoms with van der Waals surface area (Å²) in [6, 6.07) is 13.1. The second-order valence-electron chi connectivity index (χ2n) is 4.53. The number of halogens is 1. The van der Waals surface area contributed by atoms with Crippen molar-refractivity contribution in [3.05, 3.63) is 59.5 Å². The zero-order chi connectivity index (χ0) is 16.1. The minimum Gasteiger partial charge on any atom is -0.378 e. The highest BCUT2D eigenvalue weighted by Gasteiger charge is 2.07. The van der Waals surface area contributed by atoms with Gasteiger partial charge in [-0.05, 0) is 42.1 Å². The standard InChI is InChI=1S/C15H13ClN6S/c16-10-4-3-5-11(8-10)19-9-12-20-14(17)22-15(21-12)23-13-6-1-2-7-18-13/h1-8,19H,9H2,(H2,17,20,21,22). The molecule has 0 saturated heterocycles. The number of nitrogens with one attached hydrogen (secondary N) is 1. The van der Waals surface area contributed by atoms with Crippen molar-refractivity contribution in [2.45, 2.75) is 16.7 Å². The number of pyridine rings is 1. The SMILES string of the molecule is Nc1nc(CNc2cccc(Cl)c2)nc(Sc2ccccn2)n1. The molecule has 6 nitrogen and oxygen atoms in total. The predicted octanol–water partition coefficient (Wildman–Crippen LogP) is 3.27. The second kappa shape index (κ2) is 7.26. The maximum atomic E-state index is 5.96. The summed E-state index contributed by atoms with van der Waals surface area (Å²) < 4.78 is 0. The Morgan fingerprint density at radius 3 is 2.78 bits per heavy atom. The van der Waals surface area contributed by atoms with Crippen LogP contribution in [0.2, 0.25) is 5.02 Å². The Balaban J connectivity index is 1.72. The van der Waals surface area contributed by atoms with Gasteiger partial charge in [-0.3, -0.25) is 0 Å². The first-order chi connectivity index (χ1) is 11.2. The van der Waals surface area contributed by atoms with Crippen LogP contribution in [0.1, 0.15) is 5.82 Å². The molecule has 0 radical (unpaired) electrons. The average Bonchev–Trinajstić information content (AvgIpc) is 2.53. The van der Waals surface area contributed by atoms with Crippen molar-refractivity contribution >= 4 is 35.0 Å². The Hall–Kier alpha value is -2.38. The number of hydrogen-bond donors (Lipinski definition) is 2. The van der Waals surface area contributed by atoms with Crippen LogP contribution < -0.4 is 11.1 Å². The normalized spacial score (nSPS) is 10.5. The van der Waals surface area contributed by atoms with E-state index in [0.717, 1.165) is 10.7 Å². The van der Waals surface area contributed by atoms with E-state index in [1.165, 1.54) is 11.8 Å². The van der Waals surface area contributed by atoms with Crippen LogP contribution in [0.25, 0.3) is 0 Å². The van der Waals surface area contributed by atoms with Crippen LogP contribution in [-0.2, 0) is 6.54 Å². The molecule has 0 aliphatic carbocycles. The number of nitrogens with two attached hydrogens (primary N) is 1. The summed E-state index contributed by atoms with van der Waals surface area (Å²) in [6.07, 6.45) is 1.72. The Labute approximate surface area is 142 Å². The predicted molar refractivity (Wildman–Crippen MR) is 91.4 cm³/mol. The van der Waals surface area contributed by atoms with Gasteiger partial charge in [-0.25, -0.2) is 9.97 Å². The first-order valence-corrected chi connectivity index (χ1v) is 7.97. The number of hydrogen-bond acceptors (Lipinski definition) is 7. The number of anilines is 2. The zero-order valence-electron chi connectivity index (χ0n) is 12.0. The molecule has 3 rings (SSSR count). The first-order valence-electron chi connectivity index (χ1n) is 6.78. The van der Waals surface area contributed by atoms with Crippen molar-refractivity contribution < 1.29 is 0 Å². The number of nitrogen functional groups attached to an aromatic ring is 1. The fourth-order valence-corrected chi connectivity index (χ4v) is 2.75. The van der Waals surface area contributed by atoms with Gasteiger partial charge in [0.05, 0.1) is 6.54 Å². The largest absolute Gasteiger partial charge is 0.378 e. The number of rotatable bonds is 5. The van der Waals surface area contributed by atoms with Gasteiger partial charge in [0.25, 0.3) is 0 Å². The van der Waals surface area contributed by atoms with Gasteiger partial charge in [-0.2, -0.15) is 9.97 Å². The smallest absolute Gasteiger partial charge is 0.224 e. The molecule has 0 saturated carbocycles. The molecule has 0 bridgehead atoms.